The Kier molecular flexibility index (Phi) is 7.29. The average molecular weight is 493 g/mol. The van der Waals surface area contributed by atoms with Crippen molar-refractivity contribution in [3.63, 3.8) is 0 Å². The Labute approximate surface area is 207 Å². The van der Waals surface area contributed by atoms with Crippen molar-refractivity contribution in [2.75, 3.05) is 26.3 Å². The number of amides is 1. The fourth-order valence-electron chi connectivity index (χ4n) is 3.37. The van der Waals surface area contributed by atoms with E-state index >= 15 is 0 Å². The van der Waals surface area contributed by atoms with Gasteiger partial charge in [0, 0.05) is 5.02 Å². The zero-order valence-corrected chi connectivity index (χ0v) is 19.7. The molecule has 0 spiro atoms. The second-order valence-corrected chi connectivity index (χ2v) is 7.79. The molecule has 0 radical (unpaired) electrons. The summed E-state index contributed by atoms with van der Waals surface area (Å²) in [4.78, 5) is 12.7. The van der Waals surface area contributed by atoms with Crippen LogP contribution in [0.4, 0.5) is 5.69 Å². The third-order valence-corrected chi connectivity index (χ3v) is 5.34. The zero-order chi connectivity index (χ0) is 24.8. The van der Waals surface area contributed by atoms with Crippen LogP contribution in [0.25, 0.3) is 6.08 Å². The average Bonchev–Trinajstić information content (AvgIpc) is 3.34. The number of fused-ring (bicyclic) bond motifs is 1. The third kappa shape index (κ3) is 5.60. The van der Waals surface area contributed by atoms with Gasteiger partial charge in [-0.2, -0.15) is 5.26 Å². The molecule has 0 unspecified atom stereocenters. The van der Waals surface area contributed by atoms with E-state index in [1.165, 1.54) is 20.3 Å². The Morgan fingerprint density at radius 1 is 1.03 bits per heavy atom. The van der Waals surface area contributed by atoms with Gasteiger partial charge in [-0.15, -0.1) is 0 Å². The SMILES string of the molecule is COc1ccc(Cl)cc1NC(=O)/C(C#N)=C/c1ccc(OCc2ccc3c(c2)OCO3)c(OC)c1. The quantitative estimate of drug-likeness (QED) is 0.340. The predicted octanol–water partition coefficient (Wildman–Crippen LogP) is 5.21. The fourth-order valence-corrected chi connectivity index (χ4v) is 3.54. The molecule has 0 atom stereocenters. The monoisotopic (exact) mass is 492 g/mol. The second kappa shape index (κ2) is 10.7. The second-order valence-electron chi connectivity index (χ2n) is 7.36. The van der Waals surface area contributed by atoms with Gasteiger partial charge >= 0.3 is 0 Å². The van der Waals surface area contributed by atoms with Gasteiger partial charge in [0.15, 0.2) is 23.0 Å². The minimum Gasteiger partial charge on any atom is -0.495 e. The number of methoxy groups -OCH3 is 2. The van der Waals surface area contributed by atoms with Crippen LogP contribution in [-0.4, -0.2) is 26.9 Å². The van der Waals surface area contributed by atoms with Crippen molar-refractivity contribution in [3.05, 3.63) is 76.3 Å². The molecule has 1 amide bonds. The summed E-state index contributed by atoms with van der Waals surface area (Å²) in [6.07, 6.45) is 1.45. The number of nitrogens with zero attached hydrogens (tertiary/aromatic N) is 1. The molecule has 8 nitrogen and oxygen atoms in total. The molecule has 1 aliphatic heterocycles. The first-order chi connectivity index (χ1) is 17.0. The van der Waals surface area contributed by atoms with Crippen LogP contribution in [0.1, 0.15) is 11.1 Å². The number of benzene rings is 3. The van der Waals surface area contributed by atoms with Gasteiger partial charge in [0.2, 0.25) is 6.79 Å². The van der Waals surface area contributed by atoms with Crippen molar-refractivity contribution in [2.45, 2.75) is 6.61 Å². The van der Waals surface area contributed by atoms with Crippen LogP contribution in [-0.2, 0) is 11.4 Å². The highest BCUT2D eigenvalue weighted by Gasteiger charge is 2.15. The number of hydrogen-bond acceptors (Lipinski definition) is 7. The van der Waals surface area contributed by atoms with Crippen molar-refractivity contribution in [1.82, 2.24) is 0 Å². The molecule has 178 valence electrons. The van der Waals surface area contributed by atoms with E-state index < -0.39 is 5.91 Å². The molecule has 0 aliphatic carbocycles. The molecule has 35 heavy (non-hydrogen) atoms. The van der Waals surface area contributed by atoms with E-state index in [4.69, 9.17) is 35.3 Å². The van der Waals surface area contributed by atoms with Crippen LogP contribution in [0, 0.1) is 11.3 Å². The lowest BCUT2D eigenvalue weighted by atomic mass is 10.1. The van der Waals surface area contributed by atoms with Crippen molar-refractivity contribution in [2.24, 2.45) is 0 Å². The molecule has 0 bridgehead atoms. The van der Waals surface area contributed by atoms with E-state index in [9.17, 15) is 10.1 Å². The number of ether oxygens (including phenoxy) is 5. The highest BCUT2D eigenvalue weighted by molar-refractivity contribution is 6.31. The fraction of sp³-hybridized carbons (Fsp3) is 0.154. The Morgan fingerprint density at radius 2 is 1.80 bits per heavy atom. The number of hydrogen-bond donors (Lipinski definition) is 1. The first-order valence-corrected chi connectivity index (χ1v) is 10.8. The molecule has 1 aliphatic rings. The Bertz CT molecular complexity index is 1330. The van der Waals surface area contributed by atoms with E-state index in [0.717, 1.165) is 5.56 Å². The molecular weight excluding hydrogens is 472 g/mol. The predicted molar refractivity (Wildman–Crippen MR) is 130 cm³/mol. The van der Waals surface area contributed by atoms with Crippen molar-refractivity contribution >= 4 is 29.3 Å². The minimum atomic E-state index is -0.602. The van der Waals surface area contributed by atoms with E-state index in [0.29, 0.717) is 45.0 Å². The van der Waals surface area contributed by atoms with Gasteiger partial charge in [0.1, 0.15) is 24.0 Å². The maximum absolute atomic E-state index is 12.7. The van der Waals surface area contributed by atoms with Gasteiger partial charge in [-0.25, -0.2) is 0 Å². The van der Waals surface area contributed by atoms with Crippen LogP contribution in [0.3, 0.4) is 0 Å². The van der Waals surface area contributed by atoms with Crippen molar-refractivity contribution < 1.29 is 28.5 Å². The molecule has 0 saturated carbocycles. The van der Waals surface area contributed by atoms with Gasteiger partial charge in [-0.3, -0.25) is 4.79 Å². The van der Waals surface area contributed by atoms with Gasteiger partial charge in [-0.1, -0.05) is 23.7 Å². The number of nitriles is 1. The molecule has 1 N–H and O–H groups in total. The molecule has 0 aromatic heterocycles. The van der Waals surface area contributed by atoms with Crippen LogP contribution in [0.15, 0.2) is 60.2 Å². The Morgan fingerprint density at radius 3 is 2.57 bits per heavy atom. The highest BCUT2D eigenvalue weighted by Crippen LogP contribution is 2.34. The zero-order valence-electron chi connectivity index (χ0n) is 19.0. The molecule has 3 aromatic rings. The number of nitrogens with one attached hydrogen (secondary N) is 1. The van der Waals surface area contributed by atoms with Crippen LogP contribution >= 0.6 is 11.6 Å². The molecule has 4 rings (SSSR count). The maximum Gasteiger partial charge on any atom is 0.266 e. The molecule has 1 heterocycles. The van der Waals surface area contributed by atoms with E-state index in [1.807, 2.05) is 24.3 Å². The van der Waals surface area contributed by atoms with Crippen molar-refractivity contribution in [1.29, 1.82) is 5.26 Å². The molecule has 0 saturated heterocycles. The highest BCUT2D eigenvalue weighted by atomic mass is 35.5. The summed E-state index contributed by atoms with van der Waals surface area (Å²) in [6.45, 7) is 0.493. The standard InChI is InChI=1S/C26H21ClN2O6/c1-31-21-8-5-19(27)12-20(21)29-26(30)18(13-28)9-16-3-6-22(24(10-16)32-2)33-14-17-4-7-23-25(11-17)35-15-34-23/h3-12H,14-15H2,1-2H3,(H,29,30)/b18-9+. The lowest BCUT2D eigenvalue weighted by molar-refractivity contribution is -0.112. The topological polar surface area (TPSA) is 99.0 Å². The van der Waals surface area contributed by atoms with E-state index in [2.05, 4.69) is 5.32 Å². The van der Waals surface area contributed by atoms with Gasteiger partial charge in [0.25, 0.3) is 5.91 Å². The molecule has 3 aromatic carbocycles. The minimum absolute atomic E-state index is 0.108. The summed E-state index contributed by atoms with van der Waals surface area (Å²) >= 11 is 6.01. The third-order valence-electron chi connectivity index (χ3n) is 5.10. The summed E-state index contributed by atoms with van der Waals surface area (Å²) in [5.41, 5.74) is 1.74. The van der Waals surface area contributed by atoms with Crippen LogP contribution in [0.2, 0.25) is 5.02 Å². The maximum atomic E-state index is 12.7. The first-order valence-electron chi connectivity index (χ1n) is 10.5. The van der Waals surface area contributed by atoms with Crippen LogP contribution in [0.5, 0.6) is 28.7 Å². The largest absolute Gasteiger partial charge is 0.495 e. The Balaban J connectivity index is 1.49. The molecule has 0 fully saturated rings. The van der Waals surface area contributed by atoms with E-state index in [-0.39, 0.29) is 19.0 Å². The van der Waals surface area contributed by atoms with Gasteiger partial charge in [-0.05, 0) is 59.7 Å². The molecule has 9 heteroatoms. The molecular formula is C26H21ClN2O6. The first kappa shape index (κ1) is 23.8. The number of halogens is 1. The summed E-state index contributed by atoms with van der Waals surface area (Å²) in [6, 6.07) is 17.4. The van der Waals surface area contributed by atoms with Crippen LogP contribution < -0.4 is 29.0 Å². The van der Waals surface area contributed by atoms with Gasteiger partial charge < -0.3 is 29.0 Å². The number of carbonyl (C=O) groups is 1. The van der Waals surface area contributed by atoms with E-state index in [1.54, 1.807) is 36.4 Å². The van der Waals surface area contributed by atoms with Gasteiger partial charge in [0.05, 0.1) is 19.9 Å². The number of rotatable bonds is 8. The summed E-state index contributed by atoms with van der Waals surface area (Å²) in [5.74, 6) is 2.16. The summed E-state index contributed by atoms with van der Waals surface area (Å²) < 4.78 is 27.3. The lowest BCUT2D eigenvalue weighted by Crippen LogP contribution is -2.14. The number of carbonyl (C=O) groups excluding carboxylic acids is 1. The normalized spacial score (nSPS) is 12.0. The smallest absolute Gasteiger partial charge is 0.266 e. The summed E-state index contributed by atoms with van der Waals surface area (Å²) in [7, 11) is 2.99. The lowest BCUT2D eigenvalue weighted by Gasteiger charge is -2.12. The summed E-state index contributed by atoms with van der Waals surface area (Å²) in [5, 5.41) is 12.6. The van der Waals surface area contributed by atoms with Crippen molar-refractivity contribution in [3.8, 4) is 34.8 Å². The Hall–Kier alpha value is -4.35. The number of anilines is 1.